The Bertz CT molecular complexity index is 989. The Labute approximate surface area is 178 Å². The molecule has 0 radical (unpaired) electrons. The smallest absolute Gasteiger partial charge is 0.276 e. The van der Waals surface area contributed by atoms with Crippen LogP contribution >= 0.6 is 11.5 Å². The lowest BCUT2D eigenvalue weighted by molar-refractivity contribution is -0.126. The Morgan fingerprint density at radius 2 is 1.90 bits per heavy atom. The second-order valence-electron chi connectivity index (χ2n) is 7.11. The van der Waals surface area contributed by atoms with Crippen molar-refractivity contribution in [1.29, 1.82) is 0 Å². The van der Waals surface area contributed by atoms with Gasteiger partial charge < -0.3 is 15.0 Å². The number of carbonyl (C=O) groups is 2. The number of aromatic nitrogens is 2. The van der Waals surface area contributed by atoms with Crippen LogP contribution in [0.3, 0.4) is 0 Å². The minimum absolute atomic E-state index is 0.0242. The number of hydrogen-bond donors (Lipinski definition) is 1. The fourth-order valence-corrected chi connectivity index (χ4v) is 3.77. The number of rotatable bonds is 8. The molecule has 2 aromatic carbocycles. The Kier molecular flexibility index (Phi) is 6.04. The molecule has 0 aliphatic heterocycles. The van der Waals surface area contributed by atoms with E-state index in [2.05, 4.69) is 14.9 Å². The van der Waals surface area contributed by atoms with Crippen molar-refractivity contribution in [2.45, 2.75) is 31.5 Å². The Balaban J connectivity index is 1.58. The maximum atomic E-state index is 13.3. The van der Waals surface area contributed by atoms with Gasteiger partial charge in [0.2, 0.25) is 5.91 Å². The van der Waals surface area contributed by atoms with E-state index in [-0.39, 0.29) is 23.6 Å². The van der Waals surface area contributed by atoms with E-state index >= 15 is 0 Å². The number of nitrogens with one attached hydrogen (secondary N) is 1. The molecule has 1 atom stereocenters. The molecule has 4 rings (SSSR count). The first-order valence-corrected chi connectivity index (χ1v) is 10.6. The molecule has 30 heavy (non-hydrogen) atoms. The summed E-state index contributed by atoms with van der Waals surface area (Å²) in [7, 11) is 1.61. The number of amides is 2. The molecule has 8 heteroatoms. The largest absolute Gasteiger partial charge is 0.497 e. The molecule has 154 valence electrons. The van der Waals surface area contributed by atoms with Crippen LogP contribution in [-0.2, 0) is 11.3 Å². The van der Waals surface area contributed by atoms with E-state index in [0.29, 0.717) is 6.54 Å². The number of nitrogens with zero attached hydrogens (tertiary/aromatic N) is 3. The third-order valence-corrected chi connectivity index (χ3v) is 5.53. The monoisotopic (exact) mass is 422 g/mol. The molecule has 1 aliphatic rings. The second kappa shape index (κ2) is 9.04. The molecule has 1 unspecified atom stereocenters. The van der Waals surface area contributed by atoms with E-state index in [9.17, 15) is 9.59 Å². The van der Waals surface area contributed by atoms with Crippen LogP contribution in [0.5, 0.6) is 5.75 Å². The van der Waals surface area contributed by atoms with Gasteiger partial charge in [0.25, 0.3) is 5.91 Å². The maximum Gasteiger partial charge on any atom is 0.276 e. The molecular weight excluding hydrogens is 400 g/mol. The summed E-state index contributed by atoms with van der Waals surface area (Å²) in [6, 6.07) is 16.2. The van der Waals surface area contributed by atoms with Crippen molar-refractivity contribution in [3.05, 3.63) is 76.8 Å². The summed E-state index contributed by atoms with van der Waals surface area (Å²) < 4.78 is 8.98. The summed E-state index contributed by atoms with van der Waals surface area (Å²) in [5.41, 5.74) is 1.99. The Hall–Kier alpha value is -3.26. The average molecular weight is 423 g/mol. The summed E-state index contributed by atoms with van der Waals surface area (Å²) in [6.45, 7) is 0.358. The van der Waals surface area contributed by atoms with Crippen molar-refractivity contribution >= 4 is 23.3 Å². The number of hydrogen-bond acceptors (Lipinski definition) is 6. The lowest BCUT2D eigenvalue weighted by atomic mass is 10.0. The highest BCUT2D eigenvalue weighted by Crippen LogP contribution is 2.36. The standard InChI is InChI=1S/C22H22N4O3S/c1-29-18-11-7-15(8-12-18)13-23-21(27)20(16-5-3-2-4-6-16)26(17-9-10-17)22(28)19-14-30-25-24-19/h2-8,11-12,14,17,20H,9-10,13H2,1H3,(H,23,27). The van der Waals surface area contributed by atoms with E-state index in [4.69, 9.17) is 4.74 Å². The highest BCUT2D eigenvalue weighted by atomic mass is 32.1. The van der Waals surface area contributed by atoms with Crippen LogP contribution in [0, 0.1) is 0 Å². The Morgan fingerprint density at radius 1 is 1.17 bits per heavy atom. The predicted octanol–water partition coefficient (Wildman–Crippen LogP) is 3.21. The van der Waals surface area contributed by atoms with Gasteiger partial charge >= 0.3 is 0 Å². The molecule has 3 aromatic rings. The highest BCUT2D eigenvalue weighted by Gasteiger charge is 2.42. The molecule has 0 spiro atoms. The summed E-state index contributed by atoms with van der Waals surface area (Å²) in [6.07, 6.45) is 1.75. The first-order valence-electron chi connectivity index (χ1n) is 9.72. The van der Waals surface area contributed by atoms with Crippen LogP contribution < -0.4 is 10.1 Å². The molecule has 1 fully saturated rings. The van der Waals surface area contributed by atoms with Crippen molar-refractivity contribution in [1.82, 2.24) is 19.8 Å². The van der Waals surface area contributed by atoms with Crippen molar-refractivity contribution in [3.63, 3.8) is 0 Å². The number of ether oxygens (including phenoxy) is 1. The summed E-state index contributed by atoms with van der Waals surface area (Å²) in [5.74, 6) is 0.273. The van der Waals surface area contributed by atoms with Gasteiger partial charge in [-0.2, -0.15) is 0 Å². The average Bonchev–Trinajstić information content (AvgIpc) is 3.47. The molecule has 0 saturated heterocycles. The van der Waals surface area contributed by atoms with Gasteiger partial charge in [-0.3, -0.25) is 9.59 Å². The van der Waals surface area contributed by atoms with Crippen molar-refractivity contribution in [3.8, 4) is 5.75 Å². The van der Waals surface area contributed by atoms with Crippen LogP contribution in [0.15, 0.2) is 60.0 Å². The van der Waals surface area contributed by atoms with Crippen molar-refractivity contribution in [2.75, 3.05) is 7.11 Å². The topological polar surface area (TPSA) is 84.4 Å². The van der Waals surface area contributed by atoms with Crippen LogP contribution in [-0.4, -0.2) is 39.5 Å². The SMILES string of the molecule is COc1ccc(CNC(=O)C(c2ccccc2)N(C(=O)c2csnn2)C2CC2)cc1. The molecule has 1 N–H and O–H groups in total. The number of benzene rings is 2. The van der Waals surface area contributed by atoms with Gasteiger partial charge in [0.1, 0.15) is 11.8 Å². The molecular formula is C22H22N4O3S. The van der Waals surface area contributed by atoms with E-state index in [1.807, 2.05) is 54.6 Å². The zero-order valence-electron chi connectivity index (χ0n) is 16.5. The van der Waals surface area contributed by atoms with Crippen molar-refractivity contribution < 1.29 is 14.3 Å². The molecule has 0 bridgehead atoms. The third kappa shape index (κ3) is 4.49. The zero-order valence-corrected chi connectivity index (χ0v) is 17.3. The number of methoxy groups -OCH3 is 1. The lowest BCUT2D eigenvalue weighted by Gasteiger charge is -2.31. The number of carbonyl (C=O) groups excluding carboxylic acids is 2. The predicted molar refractivity (Wildman–Crippen MR) is 113 cm³/mol. The van der Waals surface area contributed by atoms with E-state index in [1.165, 1.54) is 0 Å². The fourth-order valence-electron chi connectivity index (χ4n) is 3.34. The minimum Gasteiger partial charge on any atom is -0.497 e. The summed E-state index contributed by atoms with van der Waals surface area (Å²) in [5, 5.41) is 8.54. The molecule has 2 amide bonds. The molecule has 1 saturated carbocycles. The van der Waals surface area contributed by atoms with Crippen LogP contribution in [0.4, 0.5) is 0 Å². The normalized spacial score (nSPS) is 14.0. The van der Waals surface area contributed by atoms with E-state index in [1.54, 1.807) is 17.4 Å². The minimum atomic E-state index is -0.730. The molecule has 7 nitrogen and oxygen atoms in total. The summed E-state index contributed by atoms with van der Waals surface area (Å²) in [4.78, 5) is 28.2. The zero-order chi connectivity index (χ0) is 20.9. The lowest BCUT2D eigenvalue weighted by Crippen LogP contribution is -2.45. The van der Waals surface area contributed by atoms with Gasteiger partial charge in [0.15, 0.2) is 5.69 Å². The van der Waals surface area contributed by atoms with Crippen LogP contribution in [0.2, 0.25) is 0 Å². The molecule has 1 heterocycles. The third-order valence-electron chi connectivity index (χ3n) is 5.02. The fraction of sp³-hybridized carbons (Fsp3) is 0.273. The summed E-state index contributed by atoms with van der Waals surface area (Å²) >= 11 is 1.12. The van der Waals surface area contributed by atoms with Crippen molar-refractivity contribution in [2.24, 2.45) is 0 Å². The first-order chi connectivity index (χ1) is 14.7. The van der Waals surface area contributed by atoms with Gasteiger partial charge in [-0.15, -0.1) is 5.10 Å². The van der Waals surface area contributed by atoms with Crippen LogP contribution in [0.1, 0.15) is 40.5 Å². The van der Waals surface area contributed by atoms with Gasteiger partial charge in [-0.1, -0.05) is 47.0 Å². The van der Waals surface area contributed by atoms with Crippen LogP contribution in [0.25, 0.3) is 0 Å². The van der Waals surface area contributed by atoms with E-state index < -0.39 is 6.04 Å². The van der Waals surface area contributed by atoms with Gasteiger partial charge in [-0.05, 0) is 47.6 Å². The van der Waals surface area contributed by atoms with Gasteiger partial charge in [0.05, 0.1) is 7.11 Å². The first kappa shape index (κ1) is 20.0. The Morgan fingerprint density at radius 3 is 2.50 bits per heavy atom. The molecule has 1 aliphatic carbocycles. The van der Waals surface area contributed by atoms with E-state index in [0.717, 1.165) is 41.3 Å². The maximum absolute atomic E-state index is 13.3. The highest BCUT2D eigenvalue weighted by molar-refractivity contribution is 7.03. The second-order valence-corrected chi connectivity index (χ2v) is 7.72. The van der Waals surface area contributed by atoms with Gasteiger partial charge in [-0.25, -0.2) is 0 Å². The quantitative estimate of drug-likeness (QED) is 0.603. The van der Waals surface area contributed by atoms with Gasteiger partial charge in [0, 0.05) is 18.0 Å². The molecule has 1 aromatic heterocycles.